The van der Waals surface area contributed by atoms with Gasteiger partial charge in [0.25, 0.3) is 0 Å². The predicted molar refractivity (Wildman–Crippen MR) is 103 cm³/mol. The van der Waals surface area contributed by atoms with Gasteiger partial charge in [-0.1, -0.05) is 13.0 Å². The van der Waals surface area contributed by atoms with Gasteiger partial charge in [-0.3, -0.25) is 9.98 Å². The topological polar surface area (TPSA) is 34.5 Å². The van der Waals surface area contributed by atoms with E-state index in [-0.39, 0.29) is 5.69 Å². The summed E-state index contributed by atoms with van der Waals surface area (Å²) >= 11 is 0. The fourth-order valence-electron chi connectivity index (χ4n) is 2.50. The predicted octanol–water partition coefficient (Wildman–Crippen LogP) is 5.29. The largest absolute Gasteiger partial charge is 0.493 e. The van der Waals surface area contributed by atoms with E-state index in [1.165, 1.54) is 17.7 Å². The number of halogens is 2. The van der Waals surface area contributed by atoms with Crippen molar-refractivity contribution in [2.45, 2.75) is 19.8 Å². The molecule has 0 aliphatic carbocycles. The lowest BCUT2D eigenvalue weighted by atomic mass is 10.2. The van der Waals surface area contributed by atoms with Gasteiger partial charge in [0, 0.05) is 30.6 Å². The van der Waals surface area contributed by atoms with Gasteiger partial charge in [0.05, 0.1) is 12.3 Å². The summed E-state index contributed by atoms with van der Waals surface area (Å²) in [6.07, 6.45) is 5.16. The molecule has 0 radical (unpaired) electrons. The lowest BCUT2D eigenvalue weighted by Gasteiger charge is -2.06. The highest BCUT2D eigenvalue weighted by molar-refractivity contribution is 5.82. The lowest BCUT2D eigenvalue weighted by Crippen LogP contribution is -2.03. The quantitative estimate of drug-likeness (QED) is 0.532. The van der Waals surface area contributed by atoms with Gasteiger partial charge in [-0.25, -0.2) is 8.78 Å². The zero-order valence-corrected chi connectivity index (χ0v) is 15.0. The van der Waals surface area contributed by atoms with Gasteiger partial charge in [0.1, 0.15) is 17.4 Å². The van der Waals surface area contributed by atoms with Crippen LogP contribution in [0.5, 0.6) is 5.75 Å². The number of aromatic nitrogens is 1. The minimum atomic E-state index is -0.648. The molecule has 0 aliphatic heterocycles. The molecule has 27 heavy (non-hydrogen) atoms. The lowest BCUT2D eigenvalue weighted by molar-refractivity contribution is 0.320. The Bertz CT molecular complexity index is 886. The van der Waals surface area contributed by atoms with E-state index < -0.39 is 11.6 Å². The van der Waals surface area contributed by atoms with Gasteiger partial charge < -0.3 is 4.74 Å². The van der Waals surface area contributed by atoms with Crippen molar-refractivity contribution in [3.05, 3.63) is 89.2 Å². The molecule has 0 spiro atoms. The van der Waals surface area contributed by atoms with E-state index in [0.29, 0.717) is 6.61 Å². The van der Waals surface area contributed by atoms with E-state index in [4.69, 9.17) is 4.74 Å². The Morgan fingerprint density at radius 1 is 1.00 bits per heavy atom. The molecule has 1 heterocycles. The summed E-state index contributed by atoms with van der Waals surface area (Å²) in [6.45, 7) is 2.64. The third-order valence-electron chi connectivity index (χ3n) is 4.01. The molecule has 0 aliphatic rings. The molecule has 5 heteroatoms. The first-order chi connectivity index (χ1) is 13.1. The summed E-state index contributed by atoms with van der Waals surface area (Å²) in [4.78, 5) is 8.50. The molecule has 0 fully saturated rings. The van der Waals surface area contributed by atoms with Crippen molar-refractivity contribution in [2.75, 3.05) is 6.61 Å². The van der Waals surface area contributed by atoms with Crippen LogP contribution in [0.4, 0.5) is 14.5 Å². The van der Waals surface area contributed by atoms with Crippen LogP contribution in [0, 0.1) is 11.6 Å². The maximum Gasteiger partial charge on any atom is 0.128 e. The first-order valence-electron chi connectivity index (χ1n) is 8.79. The van der Waals surface area contributed by atoms with Crippen molar-refractivity contribution >= 4 is 11.9 Å². The minimum Gasteiger partial charge on any atom is -0.493 e. The van der Waals surface area contributed by atoms with Crippen LogP contribution < -0.4 is 4.74 Å². The molecule has 0 bridgehead atoms. The van der Waals surface area contributed by atoms with Crippen LogP contribution in [-0.2, 0) is 12.8 Å². The van der Waals surface area contributed by atoms with Crippen LogP contribution in [-0.4, -0.2) is 17.8 Å². The molecule has 3 nitrogen and oxygen atoms in total. The van der Waals surface area contributed by atoms with Gasteiger partial charge in [-0.05, 0) is 60.0 Å². The second-order valence-corrected chi connectivity index (χ2v) is 6.06. The molecule has 1 aromatic heterocycles. The highest BCUT2D eigenvalue weighted by Crippen LogP contribution is 2.17. The highest BCUT2D eigenvalue weighted by Gasteiger charge is 2.00. The summed E-state index contributed by atoms with van der Waals surface area (Å²) in [7, 11) is 0. The number of hydrogen-bond donors (Lipinski definition) is 0. The van der Waals surface area contributed by atoms with Crippen LogP contribution in [0.25, 0.3) is 0 Å². The Morgan fingerprint density at radius 2 is 1.74 bits per heavy atom. The number of rotatable bonds is 7. The van der Waals surface area contributed by atoms with Crippen LogP contribution in [0.1, 0.15) is 23.7 Å². The maximum atomic E-state index is 13.2. The van der Waals surface area contributed by atoms with Crippen LogP contribution in [0.3, 0.4) is 0 Å². The third kappa shape index (κ3) is 5.71. The van der Waals surface area contributed by atoms with E-state index in [1.54, 1.807) is 6.21 Å². The highest BCUT2D eigenvalue weighted by atomic mass is 19.1. The molecule has 0 N–H and O–H groups in total. The van der Waals surface area contributed by atoms with E-state index in [0.717, 1.165) is 35.9 Å². The number of pyridine rings is 1. The average molecular weight is 366 g/mol. The van der Waals surface area contributed by atoms with E-state index in [1.807, 2.05) is 36.5 Å². The smallest absolute Gasteiger partial charge is 0.128 e. The van der Waals surface area contributed by atoms with Crippen molar-refractivity contribution < 1.29 is 13.5 Å². The standard InChI is InChI=1S/C22H20F2N2O/c1-2-16-3-6-20(25-14-16)9-10-27-22-7-4-17(5-8-22)15-26-21-12-18(23)11-19(24)13-21/h3-8,11-15H,2,9-10H2,1H3. The Labute approximate surface area is 157 Å². The van der Waals surface area contributed by atoms with Crippen molar-refractivity contribution in [3.8, 4) is 5.75 Å². The normalized spacial score (nSPS) is 11.1. The average Bonchev–Trinajstić information content (AvgIpc) is 2.67. The molecule has 0 amide bonds. The second-order valence-electron chi connectivity index (χ2n) is 6.06. The van der Waals surface area contributed by atoms with E-state index in [9.17, 15) is 8.78 Å². The van der Waals surface area contributed by atoms with Crippen LogP contribution in [0.2, 0.25) is 0 Å². The Balaban J connectivity index is 1.52. The molecular formula is C22H20F2N2O. The fourth-order valence-corrected chi connectivity index (χ4v) is 2.50. The first-order valence-corrected chi connectivity index (χ1v) is 8.79. The molecule has 3 rings (SSSR count). The maximum absolute atomic E-state index is 13.2. The monoisotopic (exact) mass is 366 g/mol. The summed E-state index contributed by atoms with van der Waals surface area (Å²) < 4.78 is 32.0. The van der Waals surface area contributed by atoms with Gasteiger partial charge in [-0.2, -0.15) is 0 Å². The van der Waals surface area contributed by atoms with Gasteiger partial charge in [0.2, 0.25) is 0 Å². The summed E-state index contributed by atoms with van der Waals surface area (Å²) in [6, 6.07) is 14.6. The Kier molecular flexibility index (Phi) is 6.26. The minimum absolute atomic E-state index is 0.231. The number of aliphatic imine (C=N–C) groups is 1. The molecule has 3 aromatic rings. The number of ether oxygens (including phenoxy) is 1. The number of aryl methyl sites for hydroxylation is 1. The molecule has 0 atom stereocenters. The fraction of sp³-hybridized carbons (Fsp3) is 0.182. The molecule has 0 saturated carbocycles. The number of benzene rings is 2. The molecular weight excluding hydrogens is 346 g/mol. The Morgan fingerprint density at radius 3 is 2.37 bits per heavy atom. The van der Waals surface area contributed by atoms with Gasteiger partial charge in [0.15, 0.2) is 0 Å². The second kappa shape index (κ2) is 9.03. The van der Waals surface area contributed by atoms with Gasteiger partial charge >= 0.3 is 0 Å². The van der Waals surface area contributed by atoms with E-state index >= 15 is 0 Å². The zero-order valence-electron chi connectivity index (χ0n) is 15.0. The molecule has 0 unspecified atom stereocenters. The molecule has 2 aromatic carbocycles. The molecule has 138 valence electrons. The first kappa shape index (κ1) is 18.7. The van der Waals surface area contributed by atoms with Crippen molar-refractivity contribution in [1.29, 1.82) is 0 Å². The van der Waals surface area contributed by atoms with Crippen molar-refractivity contribution in [1.82, 2.24) is 4.98 Å². The summed E-state index contributed by atoms with van der Waals surface area (Å²) in [5.74, 6) is -0.552. The zero-order chi connectivity index (χ0) is 19.1. The summed E-state index contributed by atoms with van der Waals surface area (Å²) in [5, 5.41) is 0. The summed E-state index contributed by atoms with van der Waals surface area (Å²) in [5.41, 5.74) is 3.26. The Hall–Kier alpha value is -3.08. The SMILES string of the molecule is CCc1ccc(CCOc2ccc(C=Nc3cc(F)cc(F)c3)cc2)nc1. The third-order valence-corrected chi connectivity index (χ3v) is 4.01. The number of hydrogen-bond acceptors (Lipinski definition) is 3. The number of nitrogens with zero attached hydrogens (tertiary/aromatic N) is 2. The van der Waals surface area contributed by atoms with Crippen molar-refractivity contribution in [2.24, 2.45) is 4.99 Å². The van der Waals surface area contributed by atoms with Crippen LogP contribution in [0.15, 0.2) is 65.8 Å². The van der Waals surface area contributed by atoms with Crippen LogP contribution >= 0.6 is 0 Å². The molecule has 0 saturated heterocycles. The van der Waals surface area contributed by atoms with Gasteiger partial charge in [-0.15, -0.1) is 0 Å². The van der Waals surface area contributed by atoms with E-state index in [2.05, 4.69) is 23.0 Å². The van der Waals surface area contributed by atoms with Crippen molar-refractivity contribution in [3.63, 3.8) is 0 Å².